The van der Waals surface area contributed by atoms with Crippen molar-refractivity contribution in [1.29, 1.82) is 0 Å². The third-order valence-electron chi connectivity index (χ3n) is 2.57. The van der Waals surface area contributed by atoms with Gasteiger partial charge in [0.15, 0.2) is 0 Å². The van der Waals surface area contributed by atoms with Crippen LogP contribution in [0.2, 0.25) is 0 Å². The summed E-state index contributed by atoms with van der Waals surface area (Å²) in [6, 6.07) is 2.07. The zero-order valence-electron chi connectivity index (χ0n) is 7.38. The molecule has 1 aromatic rings. The smallest absolute Gasteiger partial charge is 0.0503 e. The Morgan fingerprint density at radius 3 is 3.25 bits per heavy atom. The van der Waals surface area contributed by atoms with Crippen molar-refractivity contribution < 1.29 is 0 Å². The lowest BCUT2D eigenvalue weighted by molar-refractivity contribution is 0.574. The van der Waals surface area contributed by atoms with Crippen molar-refractivity contribution in [2.45, 2.75) is 32.1 Å². The van der Waals surface area contributed by atoms with Crippen LogP contribution in [-0.4, -0.2) is 4.98 Å². The Morgan fingerprint density at radius 2 is 2.42 bits per heavy atom. The van der Waals surface area contributed by atoms with Crippen LogP contribution in [0.25, 0.3) is 0 Å². The van der Waals surface area contributed by atoms with Gasteiger partial charge in [0, 0.05) is 5.69 Å². The molecule has 0 spiro atoms. The van der Waals surface area contributed by atoms with Gasteiger partial charge in [-0.05, 0) is 36.8 Å². The summed E-state index contributed by atoms with van der Waals surface area (Å²) in [5.74, 6) is 0.620. The van der Waals surface area contributed by atoms with E-state index in [9.17, 15) is 0 Å². The van der Waals surface area contributed by atoms with E-state index < -0.39 is 0 Å². The van der Waals surface area contributed by atoms with Crippen LogP contribution in [-0.2, 0) is 6.42 Å². The van der Waals surface area contributed by atoms with Gasteiger partial charge in [0.1, 0.15) is 0 Å². The minimum absolute atomic E-state index is 0.620. The second-order valence-electron chi connectivity index (χ2n) is 3.61. The summed E-state index contributed by atoms with van der Waals surface area (Å²) >= 11 is 0. The molecule has 0 amide bonds. The Balaban J connectivity index is 2.46. The predicted octanol–water partition coefficient (Wildman–Crippen LogP) is 2.10. The molecule has 2 heteroatoms. The number of aromatic nitrogens is 1. The zero-order valence-corrected chi connectivity index (χ0v) is 7.38. The quantitative estimate of drug-likeness (QED) is 0.634. The maximum absolute atomic E-state index is 5.66. The van der Waals surface area contributed by atoms with Crippen molar-refractivity contribution in [2.24, 2.45) is 0 Å². The average molecular weight is 162 g/mol. The average Bonchev–Trinajstić information content (AvgIpc) is 2.04. The van der Waals surface area contributed by atoms with Gasteiger partial charge in [0.25, 0.3) is 0 Å². The molecule has 0 fully saturated rings. The maximum Gasteiger partial charge on any atom is 0.0503 e. The van der Waals surface area contributed by atoms with Gasteiger partial charge in [-0.15, -0.1) is 0 Å². The van der Waals surface area contributed by atoms with Gasteiger partial charge in [-0.3, -0.25) is 4.98 Å². The van der Waals surface area contributed by atoms with E-state index >= 15 is 0 Å². The van der Waals surface area contributed by atoms with E-state index in [2.05, 4.69) is 18.0 Å². The van der Waals surface area contributed by atoms with Crippen molar-refractivity contribution in [3.05, 3.63) is 23.5 Å². The first kappa shape index (κ1) is 7.59. The molecule has 2 rings (SSSR count). The van der Waals surface area contributed by atoms with E-state index in [1.165, 1.54) is 24.1 Å². The third kappa shape index (κ3) is 1.17. The first-order chi connectivity index (χ1) is 5.77. The normalized spacial score (nSPS) is 21.9. The SMILES string of the molecule is CC1CCCc2cc(N)cnc21. The number of pyridine rings is 1. The fourth-order valence-corrected chi connectivity index (χ4v) is 1.92. The number of nitrogens with two attached hydrogens (primary N) is 1. The van der Waals surface area contributed by atoms with Crippen LogP contribution >= 0.6 is 0 Å². The Bertz CT molecular complexity index is 294. The lowest BCUT2D eigenvalue weighted by Gasteiger charge is -2.20. The standard InChI is InChI=1S/C10H14N2/c1-7-3-2-4-8-5-9(11)6-12-10(7)8/h5-7H,2-4,11H2,1H3. The molecule has 12 heavy (non-hydrogen) atoms. The monoisotopic (exact) mass is 162 g/mol. The molecule has 0 saturated heterocycles. The zero-order chi connectivity index (χ0) is 8.55. The molecule has 0 bridgehead atoms. The van der Waals surface area contributed by atoms with Crippen LogP contribution in [0.3, 0.4) is 0 Å². The van der Waals surface area contributed by atoms with Gasteiger partial charge in [0.05, 0.1) is 11.9 Å². The van der Waals surface area contributed by atoms with Crippen molar-refractivity contribution in [1.82, 2.24) is 4.98 Å². The van der Waals surface area contributed by atoms with E-state index in [1.807, 2.05) is 0 Å². The van der Waals surface area contributed by atoms with Crippen LogP contribution in [0, 0.1) is 0 Å². The number of rotatable bonds is 0. The molecule has 64 valence electrons. The molecule has 0 aliphatic heterocycles. The molecule has 0 aromatic carbocycles. The highest BCUT2D eigenvalue weighted by atomic mass is 14.7. The van der Waals surface area contributed by atoms with E-state index in [1.54, 1.807) is 6.20 Å². The summed E-state index contributed by atoms with van der Waals surface area (Å²) in [7, 11) is 0. The molecule has 1 heterocycles. The molecule has 1 aliphatic carbocycles. The van der Waals surface area contributed by atoms with Gasteiger partial charge in [-0.2, -0.15) is 0 Å². The minimum atomic E-state index is 0.620. The highest BCUT2D eigenvalue weighted by Gasteiger charge is 2.17. The van der Waals surface area contributed by atoms with E-state index in [0.717, 1.165) is 12.1 Å². The molecule has 0 saturated carbocycles. The van der Waals surface area contributed by atoms with Gasteiger partial charge >= 0.3 is 0 Å². The topological polar surface area (TPSA) is 38.9 Å². The van der Waals surface area contributed by atoms with Crippen LogP contribution < -0.4 is 5.73 Å². The predicted molar refractivity (Wildman–Crippen MR) is 50.0 cm³/mol. The summed E-state index contributed by atoms with van der Waals surface area (Å²) < 4.78 is 0. The second-order valence-corrected chi connectivity index (χ2v) is 3.61. The number of hydrogen-bond acceptors (Lipinski definition) is 2. The first-order valence-electron chi connectivity index (χ1n) is 4.51. The number of anilines is 1. The number of fused-ring (bicyclic) bond motifs is 1. The van der Waals surface area contributed by atoms with E-state index in [-0.39, 0.29) is 0 Å². The van der Waals surface area contributed by atoms with Crippen molar-refractivity contribution in [3.63, 3.8) is 0 Å². The number of aryl methyl sites for hydroxylation is 1. The fourth-order valence-electron chi connectivity index (χ4n) is 1.92. The molecule has 2 nitrogen and oxygen atoms in total. The summed E-state index contributed by atoms with van der Waals surface area (Å²) in [6.07, 6.45) is 5.46. The summed E-state index contributed by atoms with van der Waals surface area (Å²) in [5.41, 5.74) is 9.07. The Hall–Kier alpha value is -1.05. The number of hydrogen-bond donors (Lipinski definition) is 1. The largest absolute Gasteiger partial charge is 0.397 e. The fraction of sp³-hybridized carbons (Fsp3) is 0.500. The Morgan fingerprint density at radius 1 is 1.58 bits per heavy atom. The van der Waals surface area contributed by atoms with Crippen molar-refractivity contribution >= 4 is 5.69 Å². The minimum Gasteiger partial charge on any atom is -0.397 e. The van der Waals surface area contributed by atoms with E-state index in [0.29, 0.717) is 5.92 Å². The van der Waals surface area contributed by atoms with Crippen molar-refractivity contribution in [2.75, 3.05) is 5.73 Å². The van der Waals surface area contributed by atoms with Crippen LogP contribution in [0.15, 0.2) is 12.3 Å². The lowest BCUT2D eigenvalue weighted by Crippen LogP contribution is -2.09. The van der Waals surface area contributed by atoms with Crippen LogP contribution in [0.4, 0.5) is 5.69 Å². The Labute approximate surface area is 72.8 Å². The molecular formula is C10H14N2. The van der Waals surface area contributed by atoms with E-state index in [4.69, 9.17) is 5.73 Å². The summed E-state index contributed by atoms with van der Waals surface area (Å²) in [4.78, 5) is 4.37. The molecule has 1 atom stereocenters. The maximum atomic E-state index is 5.66. The lowest BCUT2D eigenvalue weighted by atomic mass is 9.88. The van der Waals surface area contributed by atoms with Gasteiger partial charge in [-0.25, -0.2) is 0 Å². The molecule has 1 unspecified atom stereocenters. The van der Waals surface area contributed by atoms with Gasteiger partial charge < -0.3 is 5.73 Å². The highest BCUT2D eigenvalue weighted by Crippen LogP contribution is 2.29. The molecule has 1 aliphatic rings. The first-order valence-corrected chi connectivity index (χ1v) is 4.51. The Kier molecular flexibility index (Phi) is 1.75. The summed E-state index contributed by atoms with van der Waals surface area (Å²) in [6.45, 7) is 2.24. The summed E-state index contributed by atoms with van der Waals surface area (Å²) in [5, 5.41) is 0. The molecule has 0 radical (unpaired) electrons. The highest BCUT2D eigenvalue weighted by molar-refractivity contribution is 5.41. The van der Waals surface area contributed by atoms with Crippen LogP contribution in [0.5, 0.6) is 0 Å². The number of nitrogens with zero attached hydrogens (tertiary/aromatic N) is 1. The molecule has 2 N–H and O–H groups in total. The molecule has 1 aromatic heterocycles. The van der Waals surface area contributed by atoms with Gasteiger partial charge in [0.2, 0.25) is 0 Å². The van der Waals surface area contributed by atoms with Crippen LogP contribution in [0.1, 0.15) is 36.9 Å². The number of nitrogen functional groups attached to an aromatic ring is 1. The van der Waals surface area contributed by atoms with Crippen molar-refractivity contribution in [3.8, 4) is 0 Å². The third-order valence-corrected chi connectivity index (χ3v) is 2.57. The molecular weight excluding hydrogens is 148 g/mol. The second kappa shape index (κ2) is 2.77. The van der Waals surface area contributed by atoms with Gasteiger partial charge in [-0.1, -0.05) is 6.92 Å².